The maximum absolute atomic E-state index is 12.7. The van der Waals surface area contributed by atoms with Gasteiger partial charge in [0.15, 0.2) is 0 Å². The molecule has 2 N–H and O–H groups in total. The van der Waals surface area contributed by atoms with Crippen LogP contribution in [-0.4, -0.2) is 17.7 Å². The number of methoxy groups -OCH3 is 1. The van der Waals surface area contributed by atoms with E-state index in [0.717, 1.165) is 0 Å². The van der Waals surface area contributed by atoms with Crippen molar-refractivity contribution in [1.82, 2.24) is 4.57 Å². The third-order valence-corrected chi connectivity index (χ3v) is 4.15. The van der Waals surface area contributed by atoms with Crippen LogP contribution in [0, 0.1) is 5.92 Å². The number of carbonyl (C=O) groups excluding carboxylic acids is 1. The number of hydrogen-bond acceptors (Lipinski definition) is 3. The molecular weight excluding hydrogens is 342 g/mol. The number of carbonyl (C=O) groups is 1. The molecule has 3 rings (SSSR count). The normalized spacial score (nSPS) is 10.8. The first-order chi connectivity index (χ1) is 13.0. The van der Waals surface area contributed by atoms with Crippen molar-refractivity contribution in [2.24, 2.45) is 5.92 Å². The maximum atomic E-state index is 12.7. The Balaban J connectivity index is 1.89. The molecule has 0 fully saturated rings. The lowest BCUT2D eigenvalue weighted by atomic mass is 10.1. The van der Waals surface area contributed by atoms with Gasteiger partial charge < -0.3 is 19.9 Å². The third-order valence-electron chi connectivity index (χ3n) is 4.15. The topological polar surface area (TPSA) is 72.4 Å². The van der Waals surface area contributed by atoms with Gasteiger partial charge in [0.25, 0.3) is 5.56 Å². The standard InChI is InChI=1S/C21H23N3O3/c1-14(2)12-24-13-19(17-6-4-5-7-18(17)20(24)25)23-21(26)22-15-8-10-16(27-3)11-9-15/h4-11,13-14H,12H2,1-3H3,(H2,22,23,26). The Hall–Kier alpha value is -3.28. The first-order valence-corrected chi connectivity index (χ1v) is 8.82. The lowest BCUT2D eigenvalue weighted by Gasteiger charge is -2.15. The highest BCUT2D eigenvalue weighted by atomic mass is 16.5. The zero-order valence-electron chi connectivity index (χ0n) is 15.7. The molecule has 0 aliphatic carbocycles. The molecule has 2 amide bonds. The first kappa shape index (κ1) is 18.5. The van der Waals surface area contributed by atoms with Crippen molar-refractivity contribution >= 4 is 28.2 Å². The molecule has 0 unspecified atom stereocenters. The van der Waals surface area contributed by atoms with Crippen LogP contribution in [0.3, 0.4) is 0 Å². The second kappa shape index (κ2) is 7.95. The maximum Gasteiger partial charge on any atom is 0.323 e. The quantitative estimate of drug-likeness (QED) is 0.708. The minimum Gasteiger partial charge on any atom is -0.497 e. The van der Waals surface area contributed by atoms with E-state index in [9.17, 15) is 9.59 Å². The largest absolute Gasteiger partial charge is 0.497 e. The molecule has 3 aromatic rings. The number of hydrogen-bond donors (Lipinski definition) is 2. The van der Waals surface area contributed by atoms with Crippen molar-refractivity contribution < 1.29 is 9.53 Å². The fourth-order valence-corrected chi connectivity index (χ4v) is 2.93. The number of rotatable bonds is 5. The van der Waals surface area contributed by atoms with Crippen LogP contribution in [0.5, 0.6) is 5.75 Å². The van der Waals surface area contributed by atoms with E-state index in [1.807, 2.05) is 32.0 Å². The predicted molar refractivity (Wildman–Crippen MR) is 109 cm³/mol. The summed E-state index contributed by atoms with van der Waals surface area (Å²) in [5.41, 5.74) is 1.19. The Labute approximate surface area is 157 Å². The van der Waals surface area contributed by atoms with E-state index in [1.165, 1.54) is 0 Å². The molecule has 0 aliphatic rings. The number of aromatic nitrogens is 1. The second-order valence-corrected chi connectivity index (χ2v) is 6.75. The molecule has 27 heavy (non-hydrogen) atoms. The average Bonchev–Trinajstić information content (AvgIpc) is 2.66. The lowest BCUT2D eigenvalue weighted by molar-refractivity contribution is 0.262. The van der Waals surface area contributed by atoms with Crippen LogP contribution in [-0.2, 0) is 6.54 Å². The van der Waals surface area contributed by atoms with E-state index < -0.39 is 0 Å². The fourth-order valence-electron chi connectivity index (χ4n) is 2.93. The zero-order chi connectivity index (χ0) is 19.4. The highest BCUT2D eigenvalue weighted by Crippen LogP contribution is 2.21. The van der Waals surface area contributed by atoms with Gasteiger partial charge in [-0.2, -0.15) is 0 Å². The molecule has 1 aromatic heterocycles. The van der Waals surface area contributed by atoms with Gasteiger partial charge in [0.2, 0.25) is 0 Å². The molecular formula is C21H23N3O3. The molecule has 0 saturated carbocycles. The van der Waals surface area contributed by atoms with Crippen LogP contribution in [0.15, 0.2) is 59.5 Å². The lowest BCUT2D eigenvalue weighted by Crippen LogP contribution is -2.25. The van der Waals surface area contributed by atoms with E-state index in [4.69, 9.17) is 4.74 Å². The van der Waals surface area contributed by atoms with E-state index in [2.05, 4.69) is 10.6 Å². The molecule has 0 radical (unpaired) electrons. The molecule has 140 valence electrons. The van der Waals surface area contributed by atoms with Crippen LogP contribution < -0.4 is 20.9 Å². The molecule has 6 nitrogen and oxygen atoms in total. The number of pyridine rings is 1. The summed E-state index contributed by atoms with van der Waals surface area (Å²) in [6.07, 6.45) is 1.71. The van der Waals surface area contributed by atoms with Crippen molar-refractivity contribution in [1.29, 1.82) is 0 Å². The molecule has 0 aliphatic heterocycles. The monoisotopic (exact) mass is 365 g/mol. The average molecular weight is 365 g/mol. The highest BCUT2D eigenvalue weighted by Gasteiger charge is 2.12. The summed E-state index contributed by atoms with van der Waals surface area (Å²) in [4.78, 5) is 25.1. The number of ether oxygens (including phenoxy) is 1. The number of urea groups is 1. The number of amides is 2. The van der Waals surface area contributed by atoms with Gasteiger partial charge in [0.1, 0.15) is 5.75 Å². The van der Waals surface area contributed by atoms with E-state index >= 15 is 0 Å². The summed E-state index contributed by atoms with van der Waals surface area (Å²) >= 11 is 0. The van der Waals surface area contributed by atoms with Gasteiger partial charge in [-0.3, -0.25) is 4.79 Å². The number of fused-ring (bicyclic) bond motifs is 1. The van der Waals surface area contributed by atoms with Gasteiger partial charge in [-0.25, -0.2) is 4.79 Å². The molecule has 2 aromatic carbocycles. The summed E-state index contributed by atoms with van der Waals surface area (Å²) in [7, 11) is 1.59. The van der Waals surface area contributed by atoms with Crippen molar-refractivity contribution in [3.8, 4) is 5.75 Å². The summed E-state index contributed by atoms with van der Waals surface area (Å²) in [5, 5.41) is 6.95. The number of nitrogens with one attached hydrogen (secondary N) is 2. The molecule has 0 spiro atoms. The molecule has 1 heterocycles. The van der Waals surface area contributed by atoms with Crippen molar-refractivity contribution in [2.75, 3.05) is 17.7 Å². The van der Waals surface area contributed by atoms with Crippen LogP contribution >= 0.6 is 0 Å². The van der Waals surface area contributed by atoms with Gasteiger partial charge in [0, 0.05) is 29.2 Å². The van der Waals surface area contributed by atoms with Gasteiger partial charge in [-0.05, 0) is 36.2 Å². The Morgan fingerprint density at radius 1 is 1.04 bits per heavy atom. The Bertz CT molecular complexity index is 1010. The predicted octanol–water partition coefficient (Wildman–Crippen LogP) is 4.31. The second-order valence-electron chi connectivity index (χ2n) is 6.75. The van der Waals surface area contributed by atoms with Crippen molar-refractivity contribution in [3.05, 3.63) is 65.1 Å². The summed E-state index contributed by atoms with van der Waals surface area (Å²) in [5.74, 6) is 1.03. The highest BCUT2D eigenvalue weighted by molar-refractivity contribution is 6.05. The zero-order valence-corrected chi connectivity index (χ0v) is 15.7. The summed E-state index contributed by atoms with van der Waals surface area (Å²) in [6, 6.07) is 14.0. The number of benzene rings is 2. The SMILES string of the molecule is COc1ccc(NC(=O)Nc2cn(CC(C)C)c(=O)c3ccccc23)cc1. The first-order valence-electron chi connectivity index (χ1n) is 8.82. The van der Waals surface area contributed by atoms with E-state index in [1.54, 1.807) is 48.2 Å². The van der Waals surface area contributed by atoms with Gasteiger partial charge in [0.05, 0.1) is 12.8 Å². The van der Waals surface area contributed by atoms with Crippen LogP contribution in [0.2, 0.25) is 0 Å². The van der Waals surface area contributed by atoms with Gasteiger partial charge >= 0.3 is 6.03 Å². The number of nitrogens with zero attached hydrogens (tertiary/aromatic N) is 1. The van der Waals surface area contributed by atoms with Crippen LogP contribution in [0.1, 0.15) is 13.8 Å². The van der Waals surface area contributed by atoms with Gasteiger partial charge in [-0.15, -0.1) is 0 Å². The Kier molecular flexibility index (Phi) is 5.45. The smallest absolute Gasteiger partial charge is 0.323 e. The van der Waals surface area contributed by atoms with Crippen LogP contribution in [0.25, 0.3) is 10.8 Å². The Morgan fingerprint density at radius 2 is 1.70 bits per heavy atom. The summed E-state index contributed by atoms with van der Waals surface area (Å²) in [6.45, 7) is 4.68. The number of anilines is 2. The third kappa shape index (κ3) is 4.28. The molecule has 6 heteroatoms. The minimum atomic E-state index is -0.375. The van der Waals surface area contributed by atoms with Crippen LogP contribution in [0.4, 0.5) is 16.2 Å². The molecule has 0 saturated heterocycles. The van der Waals surface area contributed by atoms with E-state index in [0.29, 0.717) is 40.4 Å². The fraction of sp³-hybridized carbons (Fsp3) is 0.238. The van der Waals surface area contributed by atoms with Crippen molar-refractivity contribution in [2.45, 2.75) is 20.4 Å². The molecule has 0 atom stereocenters. The van der Waals surface area contributed by atoms with Gasteiger partial charge in [-0.1, -0.05) is 32.0 Å². The Morgan fingerprint density at radius 3 is 2.33 bits per heavy atom. The molecule has 0 bridgehead atoms. The van der Waals surface area contributed by atoms with Crippen molar-refractivity contribution in [3.63, 3.8) is 0 Å². The minimum absolute atomic E-state index is 0.0552. The summed E-state index contributed by atoms with van der Waals surface area (Å²) < 4.78 is 6.76. The van der Waals surface area contributed by atoms with E-state index in [-0.39, 0.29) is 11.6 Å².